The van der Waals surface area contributed by atoms with Crippen molar-refractivity contribution < 1.29 is 18.0 Å². The molecular formula is C22H31F3N4O. The van der Waals surface area contributed by atoms with E-state index in [2.05, 4.69) is 15.6 Å². The highest BCUT2D eigenvalue weighted by Gasteiger charge is 2.40. The Kier molecular flexibility index (Phi) is 6.62. The fourth-order valence-corrected chi connectivity index (χ4v) is 4.28. The molecular weight excluding hydrogens is 393 g/mol. The molecule has 1 aliphatic carbocycles. The smallest absolute Gasteiger partial charge is 0.356 e. The summed E-state index contributed by atoms with van der Waals surface area (Å²) in [4.78, 5) is 18.3. The Morgan fingerprint density at radius 1 is 1.33 bits per heavy atom. The highest BCUT2D eigenvalue weighted by Crippen LogP contribution is 2.44. The van der Waals surface area contributed by atoms with Gasteiger partial charge in [0.2, 0.25) is 5.91 Å². The van der Waals surface area contributed by atoms with Crippen molar-refractivity contribution in [1.82, 2.24) is 15.5 Å². The van der Waals surface area contributed by atoms with E-state index in [9.17, 15) is 18.0 Å². The number of hydrogen-bond acceptors (Lipinski definition) is 2. The molecule has 2 N–H and O–H groups in total. The first-order chi connectivity index (χ1) is 14.1. The third-order valence-corrected chi connectivity index (χ3v) is 6.27. The molecule has 1 aromatic carbocycles. The molecule has 1 aliphatic heterocycles. The van der Waals surface area contributed by atoms with E-state index in [0.29, 0.717) is 19.0 Å². The first-order valence-corrected chi connectivity index (χ1v) is 10.6. The summed E-state index contributed by atoms with van der Waals surface area (Å²) in [5, 5.41) is 6.68. The number of likely N-dealkylation sites (tertiary alicyclic amines) is 1. The van der Waals surface area contributed by atoms with Crippen LogP contribution in [0.5, 0.6) is 0 Å². The predicted octanol–water partition coefficient (Wildman–Crippen LogP) is 3.55. The zero-order valence-corrected chi connectivity index (χ0v) is 17.9. The normalized spacial score (nSPS) is 21.5. The molecule has 0 spiro atoms. The maximum Gasteiger partial charge on any atom is 0.416 e. The molecule has 2 aliphatic rings. The van der Waals surface area contributed by atoms with Gasteiger partial charge in [-0.2, -0.15) is 13.2 Å². The van der Waals surface area contributed by atoms with Crippen molar-refractivity contribution in [2.24, 2.45) is 10.9 Å². The van der Waals surface area contributed by atoms with Crippen LogP contribution in [0, 0.1) is 5.92 Å². The largest absolute Gasteiger partial charge is 0.416 e. The second-order valence-corrected chi connectivity index (χ2v) is 8.71. The van der Waals surface area contributed by atoms with Crippen LogP contribution in [0.2, 0.25) is 0 Å². The van der Waals surface area contributed by atoms with Crippen LogP contribution in [0.4, 0.5) is 13.2 Å². The van der Waals surface area contributed by atoms with Gasteiger partial charge in [-0.15, -0.1) is 0 Å². The number of guanidine groups is 1. The number of hydrogen-bond donors (Lipinski definition) is 2. The van der Waals surface area contributed by atoms with Crippen LogP contribution in [0.25, 0.3) is 0 Å². The molecule has 30 heavy (non-hydrogen) atoms. The van der Waals surface area contributed by atoms with Gasteiger partial charge in [0.1, 0.15) is 0 Å². The zero-order chi connectivity index (χ0) is 21.9. The third kappa shape index (κ3) is 4.90. The average molecular weight is 425 g/mol. The van der Waals surface area contributed by atoms with Crippen LogP contribution < -0.4 is 10.6 Å². The van der Waals surface area contributed by atoms with Crippen molar-refractivity contribution in [3.8, 4) is 0 Å². The number of amides is 1. The van der Waals surface area contributed by atoms with E-state index in [1.807, 2.05) is 18.7 Å². The first kappa shape index (κ1) is 22.4. The fraction of sp³-hybridized carbons (Fsp3) is 0.636. The second kappa shape index (κ2) is 8.86. The zero-order valence-electron chi connectivity index (χ0n) is 17.9. The van der Waals surface area contributed by atoms with Crippen LogP contribution >= 0.6 is 0 Å². The Morgan fingerprint density at radius 3 is 2.63 bits per heavy atom. The summed E-state index contributed by atoms with van der Waals surface area (Å²) in [6.45, 7) is 5.68. The number of carbonyl (C=O) groups is 1. The molecule has 1 amide bonds. The lowest BCUT2D eigenvalue weighted by Gasteiger charge is -2.43. The summed E-state index contributed by atoms with van der Waals surface area (Å²) in [5.41, 5.74) is -0.190. The Balaban J connectivity index is 1.61. The number of nitrogens with zero attached hydrogens (tertiary/aromatic N) is 2. The lowest BCUT2D eigenvalue weighted by atomic mass is 9.64. The maximum absolute atomic E-state index is 13.1. The molecule has 1 aromatic rings. The monoisotopic (exact) mass is 424 g/mol. The summed E-state index contributed by atoms with van der Waals surface area (Å²) < 4.78 is 39.4. The molecule has 0 aromatic heterocycles. The number of rotatable bonds is 5. The van der Waals surface area contributed by atoms with Gasteiger partial charge in [0.05, 0.1) is 5.56 Å². The van der Waals surface area contributed by atoms with Gasteiger partial charge >= 0.3 is 6.18 Å². The minimum Gasteiger partial charge on any atom is -0.356 e. The number of benzene rings is 1. The van der Waals surface area contributed by atoms with Crippen molar-refractivity contribution in [2.45, 2.75) is 57.2 Å². The molecule has 1 heterocycles. The summed E-state index contributed by atoms with van der Waals surface area (Å²) in [5.74, 6) is 0.754. The average Bonchev–Trinajstić information content (AvgIpc) is 3.13. The molecule has 1 atom stereocenters. The molecule has 1 saturated carbocycles. The van der Waals surface area contributed by atoms with Gasteiger partial charge in [-0.1, -0.05) is 38.5 Å². The van der Waals surface area contributed by atoms with E-state index in [4.69, 9.17) is 0 Å². The fourth-order valence-electron chi connectivity index (χ4n) is 4.28. The van der Waals surface area contributed by atoms with Crippen LogP contribution in [-0.4, -0.2) is 49.5 Å². The molecule has 0 bridgehead atoms. The minimum atomic E-state index is -4.34. The van der Waals surface area contributed by atoms with Gasteiger partial charge in [0, 0.05) is 44.1 Å². The second-order valence-electron chi connectivity index (χ2n) is 8.71. The van der Waals surface area contributed by atoms with E-state index in [-0.39, 0.29) is 23.3 Å². The Hall–Kier alpha value is -2.25. The highest BCUT2D eigenvalue weighted by molar-refractivity contribution is 5.81. The molecule has 0 radical (unpaired) electrons. The third-order valence-electron chi connectivity index (χ3n) is 6.27. The topological polar surface area (TPSA) is 56.7 Å². The number of nitrogens with one attached hydrogen (secondary N) is 2. The number of halogens is 3. The summed E-state index contributed by atoms with van der Waals surface area (Å²) in [6.07, 6.45) is -0.804. The first-order valence-electron chi connectivity index (χ1n) is 10.6. The van der Waals surface area contributed by atoms with E-state index in [0.717, 1.165) is 43.9 Å². The lowest BCUT2D eigenvalue weighted by Crippen LogP contribution is -2.51. The van der Waals surface area contributed by atoms with E-state index in [1.54, 1.807) is 13.1 Å². The Labute approximate surface area is 176 Å². The van der Waals surface area contributed by atoms with E-state index in [1.165, 1.54) is 12.1 Å². The van der Waals surface area contributed by atoms with Gasteiger partial charge in [-0.3, -0.25) is 9.79 Å². The van der Waals surface area contributed by atoms with E-state index < -0.39 is 11.7 Å². The van der Waals surface area contributed by atoms with Gasteiger partial charge in [-0.25, -0.2) is 0 Å². The number of alkyl halides is 3. The molecule has 1 saturated heterocycles. The van der Waals surface area contributed by atoms with Crippen molar-refractivity contribution >= 4 is 11.9 Å². The van der Waals surface area contributed by atoms with Gasteiger partial charge < -0.3 is 15.5 Å². The van der Waals surface area contributed by atoms with Crippen molar-refractivity contribution in [3.63, 3.8) is 0 Å². The van der Waals surface area contributed by atoms with Crippen LogP contribution in [-0.2, 0) is 16.4 Å². The van der Waals surface area contributed by atoms with Crippen molar-refractivity contribution in [1.29, 1.82) is 0 Å². The molecule has 2 fully saturated rings. The Morgan fingerprint density at radius 2 is 2.07 bits per heavy atom. The lowest BCUT2D eigenvalue weighted by molar-refractivity contribution is -0.137. The van der Waals surface area contributed by atoms with Gasteiger partial charge in [0.15, 0.2) is 5.96 Å². The van der Waals surface area contributed by atoms with Crippen molar-refractivity contribution in [3.05, 3.63) is 35.4 Å². The SMILES string of the molecule is CN=C(NCC1(c2cccc(C(F)(F)F)c2)CCC1)NC1CCN(C(=O)C(C)C)C1. The molecule has 166 valence electrons. The predicted molar refractivity (Wildman–Crippen MR) is 111 cm³/mol. The van der Waals surface area contributed by atoms with Crippen LogP contribution in [0.1, 0.15) is 50.7 Å². The number of aliphatic imine (C=N–C) groups is 1. The Bertz CT molecular complexity index is 787. The standard InChI is InChI=1S/C22H31F3N4O/c1-15(2)19(30)29-11-8-18(13-29)28-20(26-3)27-14-21(9-5-10-21)16-6-4-7-17(12-16)22(23,24)25/h4,6-7,12,15,18H,5,8-11,13-14H2,1-3H3,(H2,26,27,28). The maximum atomic E-state index is 13.1. The van der Waals surface area contributed by atoms with Gasteiger partial charge in [-0.05, 0) is 30.9 Å². The quantitative estimate of drug-likeness (QED) is 0.562. The van der Waals surface area contributed by atoms with Gasteiger partial charge in [0.25, 0.3) is 0 Å². The minimum absolute atomic E-state index is 0.0212. The van der Waals surface area contributed by atoms with Crippen LogP contribution in [0.15, 0.2) is 29.3 Å². The van der Waals surface area contributed by atoms with E-state index >= 15 is 0 Å². The summed E-state index contributed by atoms with van der Waals surface area (Å²) in [6, 6.07) is 5.80. The molecule has 8 heteroatoms. The van der Waals surface area contributed by atoms with Crippen molar-refractivity contribution in [2.75, 3.05) is 26.7 Å². The molecule has 3 rings (SSSR count). The molecule has 1 unspecified atom stereocenters. The summed E-state index contributed by atoms with van der Waals surface area (Å²) in [7, 11) is 1.68. The number of carbonyl (C=O) groups excluding carboxylic acids is 1. The highest BCUT2D eigenvalue weighted by atomic mass is 19.4. The summed E-state index contributed by atoms with van der Waals surface area (Å²) >= 11 is 0. The molecule has 5 nitrogen and oxygen atoms in total. The van der Waals surface area contributed by atoms with Crippen LogP contribution in [0.3, 0.4) is 0 Å².